The number of hydrogen-bond donors (Lipinski definition) is 2. The van der Waals surface area contributed by atoms with E-state index in [0.717, 1.165) is 17.7 Å². The van der Waals surface area contributed by atoms with Gasteiger partial charge < -0.3 is 15.8 Å². The van der Waals surface area contributed by atoms with Crippen molar-refractivity contribution in [2.75, 3.05) is 13.2 Å². The maximum atomic E-state index is 11.2. The summed E-state index contributed by atoms with van der Waals surface area (Å²) in [4.78, 5) is 11.2. The molecule has 0 spiro atoms. The molecule has 0 aliphatic rings. The van der Waals surface area contributed by atoms with Crippen molar-refractivity contribution < 1.29 is 9.53 Å². The van der Waals surface area contributed by atoms with E-state index in [1.54, 1.807) is 6.92 Å². The Morgan fingerprint density at radius 2 is 2.29 bits per heavy atom. The van der Waals surface area contributed by atoms with Gasteiger partial charge in [0.05, 0.1) is 12.6 Å². The Kier molecular flexibility index (Phi) is 5.49. The molecule has 94 valence electrons. The monoisotopic (exact) mass is 236 g/mol. The van der Waals surface area contributed by atoms with E-state index < -0.39 is 6.04 Å². The van der Waals surface area contributed by atoms with Gasteiger partial charge in [0, 0.05) is 6.54 Å². The van der Waals surface area contributed by atoms with Gasteiger partial charge in [0.15, 0.2) is 0 Å². The number of ether oxygens (including phenoxy) is 1. The maximum absolute atomic E-state index is 11.2. The number of nitrogens with two attached hydrogens (primary N) is 1. The molecule has 0 saturated heterocycles. The van der Waals surface area contributed by atoms with Gasteiger partial charge in [0.2, 0.25) is 5.91 Å². The Morgan fingerprint density at radius 3 is 2.94 bits per heavy atom. The van der Waals surface area contributed by atoms with E-state index in [0.29, 0.717) is 13.2 Å². The molecule has 1 unspecified atom stereocenters. The molecular weight excluding hydrogens is 216 g/mol. The minimum atomic E-state index is -0.454. The number of nitrogens with one attached hydrogen (secondary N) is 1. The summed E-state index contributed by atoms with van der Waals surface area (Å²) in [5, 5.41) is 2.78. The van der Waals surface area contributed by atoms with Crippen LogP contribution < -0.4 is 15.8 Å². The van der Waals surface area contributed by atoms with Crippen LogP contribution in [0.15, 0.2) is 24.3 Å². The SMILES string of the molecule is CCOc1cccc(CCNC(=O)C(C)N)c1. The average Bonchev–Trinajstić information content (AvgIpc) is 2.29. The zero-order valence-electron chi connectivity index (χ0n) is 10.4. The van der Waals surface area contributed by atoms with Crippen molar-refractivity contribution in [1.29, 1.82) is 0 Å². The Bertz CT molecular complexity index is 364. The summed E-state index contributed by atoms with van der Waals surface area (Å²) < 4.78 is 5.40. The first-order valence-corrected chi connectivity index (χ1v) is 5.88. The van der Waals surface area contributed by atoms with E-state index in [1.807, 2.05) is 31.2 Å². The van der Waals surface area contributed by atoms with E-state index in [9.17, 15) is 4.79 Å². The summed E-state index contributed by atoms with van der Waals surface area (Å²) in [6.07, 6.45) is 0.777. The highest BCUT2D eigenvalue weighted by molar-refractivity contribution is 5.80. The Morgan fingerprint density at radius 1 is 1.53 bits per heavy atom. The highest BCUT2D eigenvalue weighted by Gasteiger charge is 2.05. The van der Waals surface area contributed by atoms with E-state index in [2.05, 4.69) is 5.32 Å². The van der Waals surface area contributed by atoms with Gasteiger partial charge in [0.25, 0.3) is 0 Å². The van der Waals surface area contributed by atoms with Crippen LogP contribution in [0.25, 0.3) is 0 Å². The second-order valence-corrected chi connectivity index (χ2v) is 3.91. The summed E-state index contributed by atoms with van der Waals surface area (Å²) in [5.41, 5.74) is 6.59. The molecule has 0 aliphatic carbocycles. The van der Waals surface area contributed by atoms with Gasteiger partial charge in [-0.25, -0.2) is 0 Å². The number of carbonyl (C=O) groups is 1. The Hall–Kier alpha value is -1.55. The maximum Gasteiger partial charge on any atom is 0.236 e. The van der Waals surface area contributed by atoms with Crippen LogP contribution in [0, 0.1) is 0 Å². The molecule has 1 rings (SSSR count). The van der Waals surface area contributed by atoms with Crippen molar-refractivity contribution in [3.63, 3.8) is 0 Å². The van der Waals surface area contributed by atoms with Gasteiger partial charge in [-0.2, -0.15) is 0 Å². The van der Waals surface area contributed by atoms with Crippen LogP contribution in [0.2, 0.25) is 0 Å². The minimum absolute atomic E-state index is 0.119. The lowest BCUT2D eigenvalue weighted by Crippen LogP contribution is -2.39. The molecule has 17 heavy (non-hydrogen) atoms. The van der Waals surface area contributed by atoms with Crippen molar-refractivity contribution >= 4 is 5.91 Å². The number of benzene rings is 1. The first-order valence-electron chi connectivity index (χ1n) is 5.88. The lowest BCUT2D eigenvalue weighted by atomic mass is 10.1. The lowest BCUT2D eigenvalue weighted by Gasteiger charge is -2.08. The molecule has 0 saturated carbocycles. The molecule has 1 aromatic carbocycles. The van der Waals surface area contributed by atoms with Crippen LogP contribution in [0.5, 0.6) is 5.75 Å². The second-order valence-electron chi connectivity index (χ2n) is 3.91. The van der Waals surface area contributed by atoms with Crippen molar-refractivity contribution in [2.24, 2.45) is 5.73 Å². The zero-order valence-corrected chi connectivity index (χ0v) is 10.4. The molecule has 1 atom stereocenters. The van der Waals surface area contributed by atoms with Crippen LogP contribution in [0.4, 0.5) is 0 Å². The molecule has 4 heteroatoms. The standard InChI is InChI=1S/C13H20N2O2/c1-3-17-12-6-4-5-11(9-12)7-8-15-13(16)10(2)14/h4-6,9-10H,3,7-8,14H2,1-2H3,(H,15,16). The Balaban J connectivity index is 2.41. The average molecular weight is 236 g/mol. The topological polar surface area (TPSA) is 64.3 Å². The van der Waals surface area contributed by atoms with Gasteiger partial charge in [-0.15, -0.1) is 0 Å². The largest absolute Gasteiger partial charge is 0.494 e. The van der Waals surface area contributed by atoms with Gasteiger partial charge in [-0.1, -0.05) is 12.1 Å². The minimum Gasteiger partial charge on any atom is -0.494 e. The smallest absolute Gasteiger partial charge is 0.236 e. The summed E-state index contributed by atoms with van der Waals surface area (Å²) in [7, 11) is 0. The molecule has 3 N–H and O–H groups in total. The van der Waals surface area contributed by atoms with Crippen LogP contribution in [0.3, 0.4) is 0 Å². The number of rotatable bonds is 6. The third-order valence-electron chi connectivity index (χ3n) is 2.34. The molecule has 0 bridgehead atoms. The van der Waals surface area contributed by atoms with Gasteiger partial charge in [0.1, 0.15) is 5.75 Å². The van der Waals surface area contributed by atoms with Gasteiger partial charge in [-0.05, 0) is 38.0 Å². The van der Waals surface area contributed by atoms with Crippen LogP contribution >= 0.6 is 0 Å². The molecule has 1 amide bonds. The number of carbonyl (C=O) groups excluding carboxylic acids is 1. The van der Waals surface area contributed by atoms with Crippen LogP contribution in [-0.2, 0) is 11.2 Å². The predicted octanol–water partition coefficient (Wildman–Crippen LogP) is 1.09. The Labute approximate surface area is 102 Å². The fourth-order valence-corrected chi connectivity index (χ4v) is 1.45. The molecule has 0 fully saturated rings. The summed E-state index contributed by atoms with van der Waals surface area (Å²) in [5.74, 6) is 0.745. The van der Waals surface area contributed by atoms with Gasteiger partial charge >= 0.3 is 0 Å². The van der Waals surface area contributed by atoms with Crippen molar-refractivity contribution in [3.8, 4) is 5.75 Å². The normalized spacial score (nSPS) is 11.9. The third kappa shape index (κ3) is 4.87. The zero-order chi connectivity index (χ0) is 12.7. The van der Waals surface area contributed by atoms with E-state index in [4.69, 9.17) is 10.5 Å². The van der Waals surface area contributed by atoms with Crippen molar-refractivity contribution in [1.82, 2.24) is 5.32 Å². The van der Waals surface area contributed by atoms with E-state index >= 15 is 0 Å². The molecule has 4 nitrogen and oxygen atoms in total. The quantitative estimate of drug-likeness (QED) is 0.777. The predicted molar refractivity (Wildman–Crippen MR) is 68.0 cm³/mol. The first kappa shape index (κ1) is 13.5. The molecule has 0 radical (unpaired) electrons. The summed E-state index contributed by atoms with van der Waals surface area (Å²) >= 11 is 0. The highest BCUT2D eigenvalue weighted by atomic mass is 16.5. The second kappa shape index (κ2) is 6.91. The summed E-state index contributed by atoms with van der Waals surface area (Å²) in [6.45, 7) is 4.88. The van der Waals surface area contributed by atoms with Gasteiger partial charge in [-0.3, -0.25) is 4.79 Å². The fraction of sp³-hybridized carbons (Fsp3) is 0.462. The molecule has 1 aromatic rings. The van der Waals surface area contributed by atoms with Crippen LogP contribution in [0.1, 0.15) is 19.4 Å². The molecule has 0 heterocycles. The molecular formula is C13H20N2O2. The third-order valence-corrected chi connectivity index (χ3v) is 2.34. The van der Waals surface area contributed by atoms with Crippen molar-refractivity contribution in [3.05, 3.63) is 29.8 Å². The highest BCUT2D eigenvalue weighted by Crippen LogP contribution is 2.13. The molecule has 0 aliphatic heterocycles. The number of amides is 1. The van der Waals surface area contributed by atoms with E-state index in [1.165, 1.54) is 0 Å². The van der Waals surface area contributed by atoms with E-state index in [-0.39, 0.29) is 5.91 Å². The lowest BCUT2D eigenvalue weighted by molar-refractivity contribution is -0.121. The van der Waals surface area contributed by atoms with Crippen LogP contribution in [-0.4, -0.2) is 25.1 Å². The molecule has 0 aromatic heterocycles. The number of hydrogen-bond acceptors (Lipinski definition) is 3. The summed E-state index contributed by atoms with van der Waals surface area (Å²) in [6, 6.07) is 7.42. The van der Waals surface area contributed by atoms with Crippen molar-refractivity contribution in [2.45, 2.75) is 26.3 Å². The first-order chi connectivity index (χ1) is 8.13. The fourth-order valence-electron chi connectivity index (χ4n) is 1.45.